The molecule has 0 saturated carbocycles. The summed E-state index contributed by atoms with van der Waals surface area (Å²) in [4.78, 5) is 39.8. The minimum atomic E-state index is -1.06. The SMILES string of the molecule is O=C(Oc1ccccc1)[C@@H](Cc1ccccc1)N1C(=O)c2ccccc2C1=O. The van der Waals surface area contributed by atoms with E-state index in [0.29, 0.717) is 16.9 Å². The minimum Gasteiger partial charge on any atom is -0.425 e. The lowest BCUT2D eigenvalue weighted by molar-refractivity contribution is -0.138. The zero-order valence-corrected chi connectivity index (χ0v) is 14.9. The number of esters is 1. The van der Waals surface area contributed by atoms with Crippen molar-refractivity contribution < 1.29 is 19.1 Å². The zero-order valence-electron chi connectivity index (χ0n) is 14.9. The summed E-state index contributed by atoms with van der Waals surface area (Å²) in [6, 6.07) is 23.4. The molecule has 5 nitrogen and oxygen atoms in total. The first kappa shape index (κ1) is 17.7. The maximum Gasteiger partial charge on any atom is 0.335 e. The number of benzene rings is 3. The molecule has 0 radical (unpaired) electrons. The fourth-order valence-corrected chi connectivity index (χ4v) is 3.28. The maximum atomic E-state index is 13.0. The molecule has 3 aromatic rings. The highest BCUT2D eigenvalue weighted by molar-refractivity contribution is 6.22. The summed E-state index contributed by atoms with van der Waals surface area (Å²) in [7, 11) is 0. The fraction of sp³-hybridized carbons (Fsp3) is 0.0870. The van der Waals surface area contributed by atoms with Crippen LogP contribution < -0.4 is 4.74 Å². The molecule has 1 heterocycles. The Kier molecular flexibility index (Phi) is 4.72. The van der Waals surface area contributed by atoms with Crippen LogP contribution in [0.5, 0.6) is 5.75 Å². The standard InChI is InChI=1S/C23H17NO4/c25-21-18-13-7-8-14-19(18)22(26)24(21)20(15-16-9-3-1-4-10-16)23(27)28-17-11-5-2-6-12-17/h1-14,20H,15H2/t20-/m1/s1. The van der Waals surface area contributed by atoms with Crippen molar-refractivity contribution in [2.24, 2.45) is 0 Å². The van der Waals surface area contributed by atoms with Crippen LogP contribution in [0.1, 0.15) is 26.3 Å². The van der Waals surface area contributed by atoms with Gasteiger partial charge in [0.25, 0.3) is 11.8 Å². The lowest BCUT2D eigenvalue weighted by Gasteiger charge is -2.24. The average molecular weight is 371 g/mol. The minimum absolute atomic E-state index is 0.179. The number of carbonyl (C=O) groups is 3. The van der Waals surface area contributed by atoms with Crippen LogP contribution in [-0.2, 0) is 11.2 Å². The number of carbonyl (C=O) groups excluding carboxylic acids is 3. The van der Waals surface area contributed by atoms with Gasteiger partial charge in [-0.3, -0.25) is 14.5 Å². The molecule has 1 aliphatic rings. The second-order valence-electron chi connectivity index (χ2n) is 6.47. The smallest absolute Gasteiger partial charge is 0.335 e. The molecule has 0 N–H and O–H groups in total. The second kappa shape index (κ2) is 7.48. The molecule has 28 heavy (non-hydrogen) atoms. The zero-order chi connectivity index (χ0) is 19.5. The number of rotatable bonds is 5. The van der Waals surface area contributed by atoms with Crippen molar-refractivity contribution in [2.45, 2.75) is 12.5 Å². The largest absolute Gasteiger partial charge is 0.425 e. The van der Waals surface area contributed by atoms with Crippen molar-refractivity contribution in [2.75, 3.05) is 0 Å². The van der Waals surface area contributed by atoms with Crippen LogP contribution in [0.2, 0.25) is 0 Å². The molecule has 0 unspecified atom stereocenters. The third-order valence-corrected chi connectivity index (χ3v) is 4.64. The number of nitrogens with zero attached hydrogens (tertiary/aromatic N) is 1. The molecule has 1 aliphatic heterocycles. The highest BCUT2D eigenvalue weighted by atomic mass is 16.5. The van der Waals surface area contributed by atoms with Gasteiger partial charge in [0.15, 0.2) is 0 Å². The molecule has 0 aliphatic carbocycles. The number of ether oxygens (including phenoxy) is 1. The van der Waals surface area contributed by atoms with Crippen LogP contribution >= 0.6 is 0 Å². The third kappa shape index (κ3) is 3.30. The van der Waals surface area contributed by atoms with E-state index in [1.807, 2.05) is 36.4 Å². The van der Waals surface area contributed by atoms with Crippen molar-refractivity contribution in [1.29, 1.82) is 0 Å². The molecular weight excluding hydrogens is 354 g/mol. The molecule has 0 bridgehead atoms. The van der Waals surface area contributed by atoms with E-state index < -0.39 is 23.8 Å². The van der Waals surface area contributed by atoms with Gasteiger partial charge in [0.05, 0.1) is 11.1 Å². The Hall–Kier alpha value is -3.73. The molecule has 4 rings (SSSR count). The van der Waals surface area contributed by atoms with Gasteiger partial charge >= 0.3 is 5.97 Å². The summed E-state index contributed by atoms with van der Waals surface area (Å²) in [5.74, 6) is -1.25. The Bertz CT molecular complexity index is 996. The van der Waals surface area contributed by atoms with E-state index in [9.17, 15) is 14.4 Å². The molecule has 2 amide bonds. The summed E-state index contributed by atoms with van der Waals surface area (Å²) >= 11 is 0. The Labute approximate surface area is 162 Å². The van der Waals surface area contributed by atoms with Crippen LogP contribution in [-0.4, -0.2) is 28.7 Å². The van der Waals surface area contributed by atoms with Crippen LogP contribution in [0.25, 0.3) is 0 Å². The lowest BCUT2D eigenvalue weighted by Crippen LogP contribution is -2.48. The lowest BCUT2D eigenvalue weighted by atomic mass is 10.0. The van der Waals surface area contributed by atoms with Gasteiger partial charge in [-0.25, -0.2) is 4.79 Å². The first-order chi connectivity index (χ1) is 13.6. The summed E-state index contributed by atoms with van der Waals surface area (Å²) in [6.45, 7) is 0. The van der Waals surface area contributed by atoms with Crippen LogP contribution in [0, 0.1) is 0 Å². The summed E-state index contributed by atoms with van der Waals surface area (Å²) in [5, 5.41) is 0. The van der Waals surface area contributed by atoms with E-state index in [-0.39, 0.29) is 6.42 Å². The van der Waals surface area contributed by atoms with Crippen molar-refractivity contribution in [3.63, 3.8) is 0 Å². The topological polar surface area (TPSA) is 63.7 Å². The van der Waals surface area contributed by atoms with Crippen molar-refractivity contribution in [1.82, 2.24) is 4.90 Å². The van der Waals surface area contributed by atoms with E-state index in [2.05, 4.69) is 0 Å². The van der Waals surface area contributed by atoms with E-state index >= 15 is 0 Å². The maximum absolute atomic E-state index is 13.0. The highest BCUT2D eigenvalue weighted by Crippen LogP contribution is 2.27. The van der Waals surface area contributed by atoms with E-state index in [1.165, 1.54) is 0 Å². The predicted octanol–water partition coefficient (Wildman–Crippen LogP) is 3.50. The van der Waals surface area contributed by atoms with Crippen LogP contribution in [0.15, 0.2) is 84.9 Å². The third-order valence-electron chi connectivity index (χ3n) is 4.64. The number of imide groups is 1. The predicted molar refractivity (Wildman–Crippen MR) is 103 cm³/mol. The van der Waals surface area contributed by atoms with E-state index in [1.54, 1.807) is 48.5 Å². The number of hydrogen-bond acceptors (Lipinski definition) is 4. The highest BCUT2D eigenvalue weighted by Gasteiger charge is 2.43. The van der Waals surface area contributed by atoms with Gasteiger partial charge in [-0.2, -0.15) is 0 Å². The number of para-hydroxylation sites is 1. The van der Waals surface area contributed by atoms with E-state index in [4.69, 9.17) is 4.74 Å². The van der Waals surface area contributed by atoms with Gasteiger partial charge in [0.1, 0.15) is 11.8 Å². The van der Waals surface area contributed by atoms with E-state index in [0.717, 1.165) is 10.5 Å². The molecule has 0 fully saturated rings. The summed E-state index contributed by atoms with van der Waals surface area (Å²) < 4.78 is 5.47. The first-order valence-corrected chi connectivity index (χ1v) is 8.93. The Morgan fingerprint density at radius 3 is 1.82 bits per heavy atom. The number of amides is 2. The first-order valence-electron chi connectivity index (χ1n) is 8.93. The molecule has 0 spiro atoms. The van der Waals surface area contributed by atoms with Crippen molar-refractivity contribution >= 4 is 17.8 Å². The molecular formula is C23H17NO4. The quantitative estimate of drug-likeness (QED) is 0.391. The summed E-state index contributed by atoms with van der Waals surface area (Å²) in [5.41, 5.74) is 1.44. The molecule has 3 aromatic carbocycles. The van der Waals surface area contributed by atoms with Gasteiger partial charge in [0, 0.05) is 6.42 Å². The Balaban J connectivity index is 1.68. The molecule has 5 heteroatoms. The van der Waals surface area contributed by atoms with Gasteiger partial charge < -0.3 is 4.74 Å². The Morgan fingerprint density at radius 1 is 0.750 bits per heavy atom. The second-order valence-corrected chi connectivity index (χ2v) is 6.47. The normalized spacial score (nSPS) is 13.9. The van der Waals surface area contributed by atoms with Gasteiger partial charge in [-0.15, -0.1) is 0 Å². The molecule has 1 atom stereocenters. The number of fused-ring (bicyclic) bond motifs is 1. The van der Waals surface area contributed by atoms with Gasteiger partial charge in [-0.1, -0.05) is 60.7 Å². The van der Waals surface area contributed by atoms with Crippen LogP contribution in [0.3, 0.4) is 0 Å². The fourth-order valence-electron chi connectivity index (χ4n) is 3.28. The van der Waals surface area contributed by atoms with Crippen molar-refractivity contribution in [3.8, 4) is 5.75 Å². The molecule has 138 valence electrons. The monoisotopic (exact) mass is 371 g/mol. The van der Waals surface area contributed by atoms with Crippen LogP contribution in [0.4, 0.5) is 0 Å². The van der Waals surface area contributed by atoms with Gasteiger partial charge in [-0.05, 0) is 29.8 Å². The molecule has 0 saturated heterocycles. The summed E-state index contributed by atoms with van der Waals surface area (Å²) in [6.07, 6.45) is 0.179. The Morgan fingerprint density at radius 2 is 1.25 bits per heavy atom. The van der Waals surface area contributed by atoms with Gasteiger partial charge in [0.2, 0.25) is 0 Å². The number of hydrogen-bond donors (Lipinski definition) is 0. The average Bonchev–Trinajstić information content (AvgIpc) is 2.98. The molecule has 0 aromatic heterocycles. The van der Waals surface area contributed by atoms with Crippen molar-refractivity contribution in [3.05, 3.63) is 102 Å².